The van der Waals surface area contributed by atoms with E-state index in [-0.39, 0.29) is 11.6 Å². The Labute approximate surface area is 289 Å². The first-order valence-electron chi connectivity index (χ1n) is 14.7. The standard InChI is InChI=1S/C36H31BrN4O4S2/c1-3-45-32-12-8-7-11-26(32)21-30(39-34(43)25-9-5-4-6-10-25)35(44)38-28-17-19-29(20-18-28)47-23(2)33(42)41-36-40-31(22-46-36)24-13-15-27(37)16-14-24/h4-23H,3H2,1-2H3,(H,38,44)(H,39,43)(H,40,41,42)/b30-21-. The van der Waals surface area contributed by atoms with Gasteiger partial charge in [-0.15, -0.1) is 23.1 Å². The average Bonchev–Trinajstić information content (AvgIpc) is 3.55. The number of nitrogens with zero attached hydrogens (tertiary/aromatic N) is 1. The summed E-state index contributed by atoms with van der Waals surface area (Å²) in [5.74, 6) is -0.490. The number of nitrogens with one attached hydrogen (secondary N) is 3. The van der Waals surface area contributed by atoms with Gasteiger partial charge in [-0.1, -0.05) is 64.5 Å². The van der Waals surface area contributed by atoms with E-state index in [2.05, 4.69) is 36.9 Å². The minimum atomic E-state index is -0.500. The number of thioether (sulfide) groups is 1. The fourth-order valence-corrected chi connectivity index (χ4v) is 6.20. The van der Waals surface area contributed by atoms with Crippen LogP contribution in [-0.4, -0.2) is 34.6 Å². The van der Waals surface area contributed by atoms with Crippen molar-refractivity contribution in [2.45, 2.75) is 24.0 Å². The summed E-state index contributed by atoms with van der Waals surface area (Å²) in [6.45, 7) is 4.15. The number of rotatable bonds is 12. The van der Waals surface area contributed by atoms with Crippen LogP contribution in [0.5, 0.6) is 5.75 Å². The second-order valence-corrected chi connectivity index (χ2v) is 13.3. The van der Waals surface area contributed by atoms with Crippen molar-refractivity contribution in [3.63, 3.8) is 0 Å². The molecule has 47 heavy (non-hydrogen) atoms. The molecular formula is C36H31BrN4O4S2. The highest BCUT2D eigenvalue weighted by molar-refractivity contribution is 9.10. The van der Waals surface area contributed by atoms with Crippen molar-refractivity contribution in [1.82, 2.24) is 10.3 Å². The number of carbonyl (C=O) groups excluding carboxylic acids is 3. The molecular weight excluding hydrogens is 696 g/mol. The molecule has 1 atom stereocenters. The summed E-state index contributed by atoms with van der Waals surface area (Å²) in [6, 6.07) is 31.0. The number of benzene rings is 4. The fraction of sp³-hybridized carbons (Fsp3) is 0.111. The summed E-state index contributed by atoms with van der Waals surface area (Å²) in [6.07, 6.45) is 1.59. The van der Waals surface area contributed by atoms with Crippen LogP contribution in [0.1, 0.15) is 29.8 Å². The number of hydrogen-bond acceptors (Lipinski definition) is 7. The van der Waals surface area contributed by atoms with Crippen LogP contribution in [-0.2, 0) is 9.59 Å². The van der Waals surface area contributed by atoms with Crippen LogP contribution in [0.25, 0.3) is 17.3 Å². The average molecular weight is 728 g/mol. The van der Waals surface area contributed by atoms with Gasteiger partial charge in [0.2, 0.25) is 5.91 Å². The number of amides is 3. The summed E-state index contributed by atoms with van der Waals surface area (Å²) in [7, 11) is 0. The summed E-state index contributed by atoms with van der Waals surface area (Å²) >= 11 is 6.20. The van der Waals surface area contributed by atoms with Crippen molar-refractivity contribution < 1.29 is 19.1 Å². The molecule has 238 valence electrons. The van der Waals surface area contributed by atoms with Crippen molar-refractivity contribution in [3.05, 3.63) is 130 Å². The van der Waals surface area contributed by atoms with E-state index in [0.29, 0.717) is 34.3 Å². The maximum absolute atomic E-state index is 13.5. The molecule has 8 nitrogen and oxygen atoms in total. The van der Waals surface area contributed by atoms with Crippen LogP contribution in [0.2, 0.25) is 0 Å². The van der Waals surface area contributed by atoms with Crippen LogP contribution in [0, 0.1) is 0 Å². The molecule has 0 bridgehead atoms. The zero-order valence-electron chi connectivity index (χ0n) is 25.5. The van der Waals surface area contributed by atoms with E-state index in [1.807, 2.05) is 79.9 Å². The van der Waals surface area contributed by atoms with Gasteiger partial charge in [0.15, 0.2) is 5.13 Å². The molecule has 0 aliphatic carbocycles. The van der Waals surface area contributed by atoms with E-state index in [0.717, 1.165) is 20.6 Å². The van der Waals surface area contributed by atoms with Gasteiger partial charge in [0, 0.05) is 37.1 Å². The summed E-state index contributed by atoms with van der Waals surface area (Å²) in [4.78, 5) is 44.8. The Kier molecular flexibility index (Phi) is 11.6. The molecule has 4 aromatic carbocycles. The predicted octanol–water partition coefficient (Wildman–Crippen LogP) is 8.50. The number of thiazole rings is 1. The van der Waals surface area contributed by atoms with Gasteiger partial charge in [-0.3, -0.25) is 14.4 Å². The van der Waals surface area contributed by atoms with Crippen molar-refractivity contribution in [1.29, 1.82) is 0 Å². The normalized spacial score (nSPS) is 11.8. The zero-order valence-corrected chi connectivity index (χ0v) is 28.7. The van der Waals surface area contributed by atoms with Gasteiger partial charge in [0.1, 0.15) is 11.4 Å². The van der Waals surface area contributed by atoms with Gasteiger partial charge >= 0.3 is 0 Å². The lowest BCUT2D eigenvalue weighted by Gasteiger charge is -2.14. The molecule has 0 fully saturated rings. The topological polar surface area (TPSA) is 109 Å². The number of halogens is 1. The molecule has 0 saturated carbocycles. The Morgan fingerprint density at radius 3 is 2.34 bits per heavy atom. The van der Waals surface area contributed by atoms with Crippen LogP contribution >= 0.6 is 39.0 Å². The fourth-order valence-electron chi connectivity index (χ4n) is 4.35. The SMILES string of the molecule is CCOc1ccccc1/C=C(\NC(=O)c1ccccc1)C(=O)Nc1ccc(SC(C)C(=O)Nc2nc(-c3ccc(Br)cc3)cs2)cc1. The molecule has 5 rings (SSSR count). The third-order valence-corrected chi connectivity index (χ3v) is 9.11. The van der Waals surface area contributed by atoms with Gasteiger partial charge in [0.05, 0.1) is 17.6 Å². The largest absolute Gasteiger partial charge is 0.493 e. The zero-order chi connectivity index (χ0) is 33.2. The van der Waals surface area contributed by atoms with Crippen LogP contribution in [0.4, 0.5) is 10.8 Å². The van der Waals surface area contributed by atoms with Crippen LogP contribution < -0.4 is 20.7 Å². The van der Waals surface area contributed by atoms with Gasteiger partial charge in [0.25, 0.3) is 11.8 Å². The third-order valence-electron chi connectivity index (χ3n) is 6.72. The Bertz CT molecular complexity index is 1880. The Hall–Kier alpha value is -4.71. The van der Waals surface area contributed by atoms with Crippen LogP contribution in [0.3, 0.4) is 0 Å². The molecule has 0 aliphatic heterocycles. The maximum atomic E-state index is 13.5. The number of hydrogen-bond donors (Lipinski definition) is 3. The van der Waals surface area contributed by atoms with E-state index in [9.17, 15) is 14.4 Å². The molecule has 11 heteroatoms. The Morgan fingerprint density at radius 1 is 0.915 bits per heavy atom. The lowest BCUT2D eigenvalue weighted by Crippen LogP contribution is -2.30. The highest BCUT2D eigenvalue weighted by Gasteiger charge is 2.18. The highest BCUT2D eigenvalue weighted by Crippen LogP contribution is 2.29. The lowest BCUT2D eigenvalue weighted by atomic mass is 10.1. The summed E-state index contributed by atoms with van der Waals surface area (Å²) < 4.78 is 6.70. The van der Waals surface area contributed by atoms with Crippen LogP contribution in [0.15, 0.2) is 124 Å². The molecule has 1 aromatic heterocycles. The molecule has 0 radical (unpaired) electrons. The summed E-state index contributed by atoms with van der Waals surface area (Å²) in [5.41, 5.74) is 3.42. The van der Waals surface area contributed by atoms with E-state index < -0.39 is 17.1 Å². The Morgan fingerprint density at radius 2 is 1.62 bits per heavy atom. The molecule has 0 aliphatic rings. The number of ether oxygens (including phenoxy) is 1. The molecule has 5 aromatic rings. The van der Waals surface area contributed by atoms with Gasteiger partial charge in [-0.05, 0) is 74.5 Å². The van der Waals surface area contributed by atoms with Gasteiger partial charge in [-0.25, -0.2) is 4.98 Å². The number of anilines is 2. The number of aromatic nitrogens is 1. The van der Waals surface area contributed by atoms with Gasteiger partial charge < -0.3 is 20.7 Å². The molecule has 1 unspecified atom stereocenters. The second-order valence-electron chi connectivity index (χ2n) is 10.1. The first kappa shape index (κ1) is 33.6. The molecule has 1 heterocycles. The molecule has 0 saturated heterocycles. The molecule has 0 spiro atoms. The van der Waals surface area contributed by atoms with Crippen molar-refractivity contribution in [2.75, 3.05) is 17.2 Å². The molecule has 3 N–H and O–H groups in total. The van der Waals surface area contributed by atoms with E-state index >= 15 is 0 Å². The number of carbonyl (C=O) groups is 3. The minimum Gasteiger partial charge on any atom is -0.493 e. The summed E-state index contributed by atoms with van der Waals surface area (Å²) in [5, 5.41) is 10.6. The van der Waals surface area contributed by atoms with E-state index in [1.165, 1.54) is 23.1 Å². The third kappa shape index (κ3) is 9.41. The van der Waals surface area contributed by atoms with Gasteiger partial charge in [-0.2, -0.15) is 0 Å². The smallest absolute Gasteiger partial charge is 0.272 e. The second kappa shape index (κ2) is 16.2. The predicted molar refractivity (Wildman–Crippen MR) is 194 cm³/mol. The monoisotopic (exact) mass is 726 g/mol. The van der Waals surface area contributed by atoms with Crippen molar-refractivity contribution in [2.24, 2.45) is 0 Å². The minimum absolute atomic E-state index is 0.0558. The maximum Gasteiger partial charge on any atom is 0.272 e. The Balaban J connectivity index is 1.23. The van der Waals surface area contributed by atoms with Crippen molar-refractivity contribution in [3.8, 4) is 17.0 Å². The quantitative estimate of drug-likeness (QED) is 0.0879. The van der Waals surface area contributed by atoms with E-state index in [4.69, 9.17) is 4.74 Å². The first-order chi connectivity index (χ1) is 22.8. The number of para-hydroxylation sites is 1. The first-order valence-corrected chi connectivity index (χ1v) is 17.2. The lowest BCUT2D eigenvalue weighted by molar-refractivity contribution is -0.115. The molecule has 3 amide bonds. The highest BCUT2D eigenvalue weighted by atomic mass is 79.9. The van der Waals surface area contributed by atoms with Crippen molar-refractivity contribution >= 4 is 73.6 Å². The van der Waals surface area contributed by atoms with E-state index in [1.54, 1.807) is 48.5 Å².